The number of benzene rings is 1. The zero-order chi connectivity index (χ0) is 14.3. The molecule has 1 saturated heterocycles. The normalized spacial score (nSPS) is 25.6. The summed E-state index contributed by atoms with van der Waals surface area (Å²) >= 11 is 1.55. The third kappa shape index (κ3) is 2.31. The predicted molar refractivity (Wildman–Crippen MR) is 72.4 cm³/mol. The van der Waals surface area contributed by atoms with Gasteiger partial charge in [-0.15, -0.1) is 0 Å². The second kappa shape index (κ2) is 5.00. The smallest absolute Gasteiger partial charge is 0.255 e. The number of fused-ring (bicyclic) bond motifs is 1. The maximum absolute atomic E-state index is 13.6. The molecule has 1 unspecified atom stereocenters. The van der Waals surface area contributed by atoms with Crippen molar-refractivity contribution in [1.82, 2.24) is 4.90 Å². The van der Waals surface area contributed by atoms with Crippen molar-refractivity contribution >= 4 is 17.7 Å². The van der Waals surface area contributed by atoms with Gasteiger partial charge in [0.15, 0.2) is 5.60 Å². The molecule has 0 saturated carbocycles. The van der Waals surface area contributed by atoms with Crippen molar-refractivity contribution in [1.29, 1.82) is 0 Å². The molecule has 0 aromatic heterocycles. The van der Waals surface area contributed by atoms with Crippen LogP contribution < -0.4 is 0 Å². The van der Waals surface area contributed by atoms with Gasteiger partial charge >= 0.3 is 0 Å². The Balaban J connectivity index is 1.83. The zero-order valence-corrected chi connectivity index (χ0v) is 11.7. The molecule has 108 valence electrons. The lowest BCUT2D eigenvalue weighted by atomic mass is 9.95. The van der Waals surface area contributed by atoms with Crippen molar-refractivity contribution in [2.45, 2.75) is 25.0 Å². The van der Waals surface area contributed by atoms with Gasteiger partial charge in [-0.3, -0.25) is 4.79 Å². The SMILES string of the molecule is O=C(N1CCc2c(F)cc(F)cc2C1)C1(O)CCSC1. The number of aliphatic hydroxyl groups is 1. The van der Waals surface area contributed by atoms with Gasteiger partial charge in [0, 0.05) is 24.9 Å². The van der Waals surface area contributed by atoms with Gasteiger partial charge in [0.2, 0.25) is 0 Å². The van der Waals surface area contributed by atoms with Crippen LogP contribution >= 0.6 is 11.8 Å². The van der Waals surface area contributed by atoms with Crippen molar-refractivity contribution < 1.29 is 18.7 Å². The molecule has 3 nitrogen and oxygen atoms in total. The number of hydrogen-bond acceptors (Lipinski definition) is 3. The Morgan fingerprint density at radius 1 is 1.40 bits per heavy atom. The lowest BCUT2D eigenvalue weighted by Gasteiger charge is -2.34. The zero-order valence-electron chi connectivity index (χ0n) is 10.9. The number of thioether (sulfide) groups is 1. The van der Waals surface area contributed by atoms with Gasteiger partial charge < -0.3 is 10.0 Å². The highest BCUT2D eigenvalue weighted by Crippen LogP contribution is 2.32. The molecule has 3 rings (SSSR count). The molecule has 1 aromatic carbocycles. The van der Waals surface area contributed by atoms with Gasteiger partial charge in [-0.2, -0.15) is 11.8 Å². The second-order valence-corrected chi connectivity index (χ2v) is 6.44. The number of amides is 1. The van der Waals surface area contributed by atoms with E-state index in [0.717, 1.165) is 11.8 Å². The highest BCUT2D eigenvalue weighted by Gasteiger charge is 2.42. The first-order valence-corrected chi connectivity index (χ1v) is 7.71. The van der Waals surface area contributed by atoms with Crippen LogP contribution in [0.15, 0.2) is 12.1 Å². The van der Waals surface area contributed by atoms with E-state index in [9.17, 15) is 18.7 Å². The standard InChI is InChI=1S/C14H15F2NO2S/c15-10-5-9-7-17(3-1-11(9)12(16)6-10)13(18)14(19)2-4-20-8-14/h5-6,19H,1-4,7-8H2. The minimum atomic E-state index is -1.31. The van der Waals surface area contributed by atoms with Crippen LogP contribution in [0.25, 0.3) is 0 Å². The van der Waals surface area contributed by atoms with Crippen LogP contribution in [-0.4, -0.2) is 39.6 Å². The molecule has 0 radical (unpaired) electrons. The quantitative estimate of drug-likeness (QED) is 0.858. The summed E-state index contributed by atoms with van der Waals surface area (Å²) < 4.78 is 26.9. The van der Waals surface area contributed by atoms with Crippen LogP contribution in [0.5, 0.6) is 0 Å². The molecule has 1 amide bonds. The van der Waals surface area contributed by atoms with Crippen LogP contribution in [0.4, 0.5) is 8.78 Å². The maximum Gasteiger partial charge on any atom is 0.255 e. The predicted octanol–water partition coefficient (Wildman–Crippen LogP) is 1.72. The van der Waals surface area contributed by atoms with E-state index >= 15 is 0 Å². The fourth-order valence-corrected chi connectivity index (χ4v) is 4.03. The van der Waals surface area contributed by atoms with Crippen LogP contribution in [0, 0.1) is 11.6 Å². The number of rotatable bonds is 1. The summed E-state index contributed by atoms with van der Waals surface area (Å²) in [6.45, 7) is 0.525. The Morgan fingerprint density at radius 2 is 2.20 bits per heavy atom. The molecular weight excluding hydrogens is 284 g/mol. The number of carbonyl (C=O) groups is 1. The van der Waals surface area contributed by atoms with Gasteiger partial charge in [0.05, 0.1) is 0 Å². The Bertz CT molecular complexity index is 558. The maximum atomic E-state index is 13.6. The Morgan fingerprint density at radius 3 is 2.90 bits per heavy atom. The van der Waals surface area contributed by atoms with Gasteiger partial charge in [-0.05, 0) is 35.8 Å². The Labute approximate surface area is 120 Å². The number of hydrogen-bond donors (Lipinski definition) is 1. The van der Waals surface area contributed by atoms with Gasteiger partial charge in [-0.1, -0.05) is 0 Å². The number of halogens is 2. The topological polar surface area (TPSA) is 40.5 Å². The average molecular weight is 299 g/mol. The van der Waals surface area contributed by atoms with Crippen molar-refractivity contribution in [3.8, 4) is 0 Å². The molecule has 1 fully saturated rings. The lowest BCUT2D eigenvalue weighted by Crippen LogP contribution is -2.50. The molecule has 6 heteroatoms. The summed E-state index contributed by atoms with van der Waals surface area (Å²) in [6.07, 6.45) is 0.799. The van der Waals surface area contributed by atoms with Crippen molar-refractivity contribution in [3.05, 3.63) is 34.9 Å². The third-order valence-electron chi connectivity index (χ3n) is 3.93. The summed E-state index contributed by atoms with van der Waals surface area (Å²) in [5.41, 5.74) is -0.340. The van der Waals surface area contributed by atoms with Crippen molar-refractivity contribution in [2.24, 2.45) is 0 Å². The van der Waals surface area contributed by atoms with Crippen LogP contribution in [0.3, 0.4) is 0 Å². The first-order valence-electron chi connectivity index (χ1n) is 6.56. The second-order valence-electron chi connectivity index (χ2n) is 5.34. The van der Waals surface area contributed by atoms with Crippen LogP contribution in [0.2, 0.25) is 0 Å². The van der Waals surface area contributed by atoms with E-state index in [1.54, 1.807) is 11.8 Å². The highest BCUT2D eigenvalue weighted by molar-refractivity contribution is 7.99. The third-order valence-corrected chi connectivity index (χ3v) is 5.11. The molecule has 2 heterocycles. The highest BCUT2D eigenvalue weighted by atomic mass is 32.2. The fourth-order valence-electron chi connectivity index (χ4n) is 2.80. The molecule has 0 aliphatic carbocycles. The van der Waals surface area contributed by atoms with Crippen LogP contribution in [0.1, 0.15) is 17.5 Å². The van der Waals surface area contributed by atoms with Crippen molar-refractivity contribution in [3.63, 3.8) is 0 Å². The molecule has 0 spiro atoms. The number of carbonyl (C=O) groups excluding carboxylic acids is 1. The molecule has 2 aliphatic heterocycles. The van der Waals surface area contributed by atoms with E-state index in [4.69, 9.17) is 0 Å². The lowest BCUT2D eigenvalue weighted by molar-refractivity contribution is -0.149. The first kappa shape index (κ1) is 13.8. The molecule has 1 N–H and O–H groups in total. The molecule has 20 heavy (non-hydrogen) atoms. The van der Waals surface area contributed by atoms with Crippen molar-refractivity contribution in [2.75, 3.05) is 18.1 Å². The molecule has 0 bridgehead atoms. The van der Waals surface area contributed by atoms with Gasteiger partial charge in [0.25, 0.3) is 5.91 Å². The van der Waals surface area contributed by atoms with E-state index in [1.807, 2.05) is 0 Å². The van der Waals surface area contributed by atoms with Gasteiger partial charge in [-0.25, -0.2) is 8.78 Å². The average Bonchev–Trinajstić information content (AvgIpc) is 2.85. The molecule has 1 aromatic rings. The summed E-state index contributed by atoms with van der Waals surface area (Å²) in [5, 5.41) is 10.3. The Hall–Kier alpha value is -1.14. The number of nitrogens with zero attached hydrogens (tertiary/aromatic N) is 1. The van der Waals surface area contributed by atoms with E-state index in [-0.39, 0.29) is 12.5 Å². The summed E-state index contributed by atoms with van der Waals surface area (Å²) in [4.78, 5) is 13.9. The van der Waals surface area contributed by atoms with E-state index in [0.29, 0.717) is 36.3 Å². The minimum Gasteiger partial charge on any atom is -0.379 e. The van der Waals surface area contributed by atoms with Gasteiger partial charge in [0.1, 0.15) is 11.6 Å². The van der Waals surface area contributed by atoms with E-state index in [2.05, 4.69) is 0 Å². The Kier molecular flexibility index (Phi) is 3.46. The largest absolute Gasteiger partial charge is 0.379 e. The van der Waals surface area contributed by atoms with E-state index < -0.39 is 17.2 Å². The molecule has 1 atom stereocenters. The summed E-state index contributed by atoms with van der Waals surface area (Å²) in [7, 11) is 0. The summed E-state index contributed by atoms with van der Waals surface area (Å²) in [5.74, 6) is -0.353. The minimum absolute atomic E-state index is 0.163. The molecular formula is C14H15F2NO2S. The molecule has 2 aliphatic rings. The van der Waals surface area contributed by atoms with E-state index in [1.165, 1.54) is 11.0 Å². The van der Waals surface area contributed by atoms with Crippen LogP contribution in [-0.2, 0) is 17.8 Å². The fraction of sp³-hybridized carbons (Fsp3) is 0.500. The monoisotopic (exact) mass is 299 g/mol. The first-order chi connectivity index (χ1) is 9.49. The summed E-state index contributed by atoms with van der Waals surface area (Å²) in [6, 6.07) is 2.14.